The fourth-order valence-corrected chi connectivity index (χ4v) is 4.04. The van der Waals surface area contributed by atoms with Crippen LogP contribution in [0.1, 0.15) is 13.8 Å². The van der Waals surface area contributed by atoms with E-state index in [1.807, 2.05) is 0 Å². The Hall–Kier alpha value is -0.220. The molecule has 18 heavy (non-hydrogen) atoms. The minimum Gasteiger partial charge on any atom is -0.212 e. The topological polar surface area (TPSA) is 78.0 Å². The molecule has 1 aliphatic rings. The van der Waals surface area contributed by atoms with Crippen LogP contribution in [0.25, 0.3) is 0 Å². The van der Waals surface area contributed by atoms with E-state index in [0.29, 0.717) is 0 Å². The molecule has 1 rings (SSSR count). The van der Waals surface area contributed by atoms with E-state index >= 15 is 0 Å². The summed E-state index contributed by atoms with van der Waals surface area (Å²) in [6, 6.07) is 0. The molecule has 1 fully saturated rings. The zero-order valence-corrected chi connectivity index (χ0v) is 12.8. The molecule has 0 spiro atoms. The Labute approximate surface area is 110 Å². The van der Waals surface area contributed by atoms with Gasteiger partial charge in [-0.1, -0.05) is 0 Å². The Morgan fingerprint density at radius 1 is 0.889 bits per heavy atom. The maximum atomic E-state index is 11.9. The highest BCUT2D eigenvalue weighted by Gasteiger charge is 2.34. The Kier molecular flexibility index (Phi) is 4.76. The standard InChI is InChI=1S/C9H21N3O4S2/c1-9(2)17(13,14)11-5-7-12(8-6-11)18(15,16)10(3)4/h9H,5-8H2,1-4H3. The number of hydrogen-bond acceptors (Lipinski definition) is 4. The summed E-state index contributed by atoms with van der Waals surface area (Å²) >= 11 is 0. The van der Waals surface area contributed by atoms with Crippen LogP contribution < -0.4 is 0 Å². The van der Waals surface area contributed by atoms with Crippen molar-refractivity contribution in [2.24, 2.45) is 0 Å². The number of hydrogen-bond donors (Lipinski definition) is 0. The van der Waals surface area contributed by atoms with Crippen molar-refractivity contribution in [3.8, 4) is 0 Å². The van der Waals surface area contributed by atoms with Gasteiger partial charge < -0.3 is 0 Å². The van der Waals surface area contributed by atoms with E-state index in [1.165, 1.54) is 22.7 Å². The van der Waals surface area contributed by atoms with Crippen LogP contribution in [0.2, 0.25) is 0 Å². The maximum absolute atomic E-state index is 11.9. The maximum Gasteiger partial charge on any atom is 0.281 e. The zero-order chi connectivity index (χ0) is 14.1. The molecule has 1 aliphatic heterocycles. The molecule has 0 aromatic heterocycles. The van der Waals surface area contributed by atoms with Gasteiger partial charge in [-0.2, -0.15) is 21.3 Å². The van der Waals surface area contributed by atoms with Crippen LogP contribution in [0.3, 0.4) is 0 Å². The molecule has 0 aromatic carbocycles. The Bertz CT molecular complexity index is 430. The summed E-state index contributed by atoms with van der Waals surface area (Å²) < 4.78 is 51.4. The second kappa shape index (κ2) is 5.41. The first-order valence-corrected chi connectivity index (χ1v) is 8.66. The van der Waals surface area contributed by atoms with Crippen LogP contribution in [-0.2, 0) is 20.2 Å². The van der Waals surface area contributed by atoms with Gasteiger partial charge >= 0.3 is 0 Å². The van der Waals surface area contributed by atoms with Crippen molar-refractivity contribution >= 4 is 20.2 Å². The summed E-state index contributed by atoms with van der Waals surface area (Å²) in [6.45, 7) is 4.08. The van der Waals surface area contributed by atoms with Gasteiger partial charge in [0.2, 0.25) is 10.0 Å². The third-order valence-electron chi connectivity index (χ3n) is 2.94. The minimum atomic E-state index is -3.44. The predicted octanol–water partition coefficient (Wildman–Crippen LogP) is -0.851. The highest BCUT2D eigenvalue weighted by atomic mass is 32.2. The lowest BCUT2D eigenvalue weighted by Gasteiger charge is -2.35. The molecule has 0 saturated carbocycles. The minimum absolute atomic E-state index is 0.201. The highest BCUT2D eigenvalue weighted by molar-refractivity contribution is 7.89. The van der Waals surface area contributed by atoms with Crippen LogP contribution in [0.15, 0.2) is 0 Å². The van der Waals surface area contributed by atoms with E-state index in [4.69, 9.17) is 0 Å². The average Bonchev–Trinajstić information content (AvgIpc) is 2.28. The van der Waals surface area contributed by atoms with Gasteiger partial charge in [-0.25, -0.2) is 8.42 Å². The fraction of sp³-hybridized carbons (Fsp3) is 1.00. The van der Waals surface area contributed by atoms with Crippen molar-refractivity contribution in [1.29, 1.82) is 0 Å². The molecule has 0 unspecified atom stereocenters. The summed E-state index contributed by atoms with van der Waals surface area (Å²) in [6.07, 6.45) is 0. The van der Waals surface area contributed by atoms with Crippen LogP contribution >= 0.6 is 0 Å². The first-order valence-electron chi connectivity index (χ1n) is 5.76. The molecule has 108 valence electrons. The molecule has 1 heterocycles. The van der Waals surface area contributed by atoms with Gasteiger partial charge in [0.25, 0.3) is 10.2 Å². The second-order valence-electron chi connectivity index (χ2n) is 4.68. The van der Waals surface area contributed by atoms with Crippen molar-refractivity contribution in [2.45, 2.75) is 19.1 Å². The first kappa shape index (κ1) is 15.8. The van der Waals surface area contributed by atoms with Gasteiger partial charge in [0.05, 0.1) is 5.25 Å². The SMILES string of the molecule is CC(C)S(=O)(=O)N1CCN(S(=O)(=O)N(C)C)CC1. The summed E-state index contributed by atoms with van der Waals surface area (Å²) in [5.74, 6) is 0. The molecule has 1 saturated heterocycles. The largest absolute Gasteiger partial charge is 0.281 e. The van der Waals surface area contributed by atoms with Gasteiger partial charge in [-0.15, -0.1) is 0 Å². The number of rotatable bonds is 4. The van der Waals surface area contributed by atoms with Gasteiger partial charge in [0.1, 0.15) is 0 Å². The lowest BCUT2D eigenvalue weighted by atomic mass is 10.4. The second-order valence-corrected chi connectivity index (χ2v) is 9.31. The summed E-state index contributed by atoms with van der Waals surface area (Å²) in [4.78, 5) is 0. The van der Waals surface area contributed by atoms with E-state index < -0.39 is 25.5 Å². The van der Waals surface area contributed by atoms with Crippen LogP contribution in [0.5, 0.6) is 0 Å². The van der Waals surface area contributed by atoms with Crippen molar-refractivity contribution in [2.75, 3.05) is 40.3 Å². The van der Waals surface area contributed by atoms with Crippen molar-refractivity contribution in [3.63, 3.8) is 0 Å². The van der Waals surface area contributed by atoms with Crippen molar-refractivity contribution < 1.29 is 16.8 Å². The number of nitrogens with zero attached hydrogens (tertiary/aromatic N) is 3. The predicted molar refractivity (Wildman–Crippen MR) is 69.8 cm³/mol. The van der Waals surface area contributed by atoms with Crippen LogP contribution in [0.4, 0.5) is 0 Å². The molecule has 9 heteroatoms. The molecular formula is C9H21N3O4S2. The molecular weight excluding hydrogens is 278 g/mol. The van der Waals surface area contributed by atoms with Crippen molar-refractivity contribution in [1.82, 2.24) is 12.9 Å². The third-order valence-corrected chi connectivity index (χ3v) is 7.16. The summed E-state index contributed by atoms with van der Waals surface area (Å²) in [7, 11) is -3.81. The molecule has 0 atom stereocenters. The Morgan fingerprint density at radius 2 is 1.28 bits per heavy atom. The van der Waals surface area contributed by atoms with Gasteiger partial charge in [0.15, 0.2) is 0 Å². The van der Waals surface area contributed by atoms with E-state index in [0.717, 1.165) is 4.31 Å². The Balaban J connectivity index is 2.74. The molecule has 7 nitrogen and oxygen atoms in total. The molecule has 0 aromatic rings. The van der Waals surface area contributed by atoms with E-state index in [1.54, 1.807) is 13.8 Å². The summed E-state index contributed by atoms with van der Waals surface area (Å²) in [5, 5.41) is -0.477. The van der Waals surface area contributed by atoms with Gasteiger partial charge in [-0.3, -0.25) is 0 Å². The summed E-state index contributed by atoms with van der Waals surface area (Å²) in [5.41, 5.74) is 0. The number of piperazine rings is 1. The lowest BCUT2D eigenvalue weighted by Crippen LogP contribution is -2.54. The fourth-order valence-electron chi connectivity index (χ4n) is 1.68. The molecule has 0 aliphatic carbocycles. The molecule has 0 amide bonds. The smallest absolute Gasteiger partial charge is 0.212 e. The molecule has 0 radical (unpaired) electrons. The van der Waals surface area contributed by atoms with E-state index in [-0.39, 0.29) is 26.2 Å². The number of sulfonamides is 1. The van der Waals surface area contributed by atoms with Crippen LogP contribution in [0, 0.1) is 0 Å². The van der Waals surface area contributed by atoms with Gasteiger partial charge in [-0.05, 0) is 13.8 Å². The zero-order valence-electron chi connectivity index (χ0n) is 11.2. The quantitative estimate of drug-likeness (QED) is 0.677. The van der Waals surface area contributed by atoms with Gasteiger partial charge in [0, 0.05) is 40.3 Å². The van der Waals surface area contributed by atoms with E-state index in [2.05, 4.69) is 0 Å². The molecule has 0 N–H and O–H groups in total. The highest BCUT2D eigenvalue weighted by Crippen LogP contribution is 2.15. The van der Waals surface area contributed by atoms with Crippen molar-refractivity contribution in [3.05, 3.63) is 0 Å². The van der Waals surface area contributed by atoms with Crippen LogP contribution in [-0.4, -0.2) is 75.3 Å². The average molecular weight is 299 g/mol. The third kappa shape index (κ3) is 3.02. The Morgan fingerprint density at radius 3 is 1.61 bits per heavy atom. The lowest BCUT2D eigenvalue weighted by molar-refractivity contribution is 0.261. The molecule has 0 bridgehead atoms. The first-order chi connectivity index (χ1) is 8.10. The normalized spacial score (nSPS) is 20.8. The van der Waals surface area contributed by atoms with E-state index in [9.17, 15) is 16.8 Å². The monoisotopic (exact) mass is 299 g/mol.